The number of carbonyl (C=O) groups excluding carboxylic acids is 2. The minimum absolute atomic E-state index is 0.000262. The van der Waals surface area contributed by atoms with Crippen molar-refractivity contribution in [1.29, 1.82) is 0 Å². The molecule has 0 aliphatic carbocycles. The highest BCUT2D eigenvalue weighted by molar-refractivity contribution is 5.89. The molecule has 5 nitrogen and oxygen atoms in total. The van der Waals surface area contributed by atoms with Gasteiger partial charge >= 0.3 is 12.1 Å². The highest BCUT2D eigenvalue weighted by Crippen LogP contribution is 2.33. The Bertz CT molecular complexity index is 1040. The van der Waals surface area contributed by atoms with Crippen LogP contribution in [0, 0.1) is 13.8 Å². The van der Waals surface area contributed by atoms with Crippen molar-refractivity contribution >= 4 is 12.1 Å². The topological polar surface area (TPSA) is 55.8 Å². The first kappa shape index (κ1) is 26.4. The Morgan fingerprint density at radius 1 is 1.17 bits per heavy atom. The number of aryl methyl sites for hydroxylation is 2. The number of nitrogens with zero attached hydrogens (tertiary/aromatic N) is 1. The lowest BCUT2D eigenvalue weighted by atomic mass is 9.99. The molecule has 1 heterocycles. The maximum absolute atomic E-state index is 14.8. The van der Waals surface area contributed by atoms with Gasteiger partial charge in [0.15, 0.2) is 0 Å². The van der Waals surface area contributed by atoms with Crippen molar-refractivity contribution in [3.63, 3.8) is 0 Å². The number of amides is 1. The van der Waals surface area contributed by atoms with E-state index in [2.05, 4.69) is 0 Å². The molecule has 1 amide bonds. The van der Waals surface area contributed by atoms with Crippen LogP contribution in [0.4, 0.5) is 13.6 Å². The molecule has 0 N–H and O–H groups in total. The number of esters is 1. The zero-order chi connectivity index (χ0) is 25.6. The zero-order valence-corrected chi connectivity index (χ0v) is 20.7. The molecule has 0 saturated carbocycles. The smallest absolute Gasteiger partial charge is 0.410 e. The number of hydrogen-bond donors (Lipinski definition) is 0. The number of benzene rings is 2. The third-order valence-corrected chi connectivity index (χ3v) is 5.82. The number of ether oxygens (including phenoxy) is 2. The van der Waals surface area contributed by atoms with E-state index >= 15 is 0 Å². The molecule has 0 unspecified atom stereocenters. The van der Waals surface area contributed by atoms with Gasteiger partial charge in [0.25, 0.3) is 5.92 Å². The summed E-state index contributed by atoms with van der Waals surface area (Å²) in [5.41, 5.74) is 3.00. The summed E-state index contributed by atoms with van der Waals surface area (Å²) >= 11 is 0. The first-order chi connectivity index (χ1) is 16.5. The predicted molar refractivity (Wildman–Crippen MR) is 131 cm³/mol. The fourth-order valence-corrected chi connectivity index (χ4v) is 4.11. The quantitative estimate of drug-likeness (QED) is 0.306. The Kier molecular flexibility index (Phi) is 8.65. The van der Waals surface area contributed by atoms with E-state index in [0.29, 0.717) is 24.9 Å². The lowest BCUT2D eigenvalue weighted by Gasteiger charge is -2.33. The van der Waals surface area contributed by atoms with E-state index in [1.807, 2.05) is 18.2 Å². The second kappa shape index (κ2) is 11.5. The van der Waals surface area contributed by atoms with Crippen molar-refractivity contribution in [2.45, 2.75) is 65.0 Å². The Morgan fingerprint density at radius 3 is 2.46 bits per heavy atom. The van der Waals surface area contributed by atoms with Crippen LogP contribution in [-0.4, -0.2) is 42.3 Å². The number of carbonyl (C=O) groups is 2. The van der Waals surface area contributed by atoms with Crippen LogP contribution in [-0.2, 0) is 21.8 Å². The average Bonchev–Trinajstić information content (AvgIpc) is 2.78. The summed E-state index contributed by atoms with van der Waals surface area (Å²) in [6.45, 7) is 7.82. The first-order valence-electron chi connectivity index (χ1n) is 11.9. The summed E-state index contributed by atoms with van der Waals surface area (Å²) in [7, 11) is 0. The zero-order valence-electron chi connectivity index (χ0n) is 20.7. The highest BCUT2D eigenvalue weighted by Gasteiger charge is 2.31. The number of alkyl halides is 2. The van der Waals surface area contributed by atoms with Crippen molar-refractivity contribution in [1.82, 2.24) is 4.90 Å². The molecule has 1 fully saturated rings. The van der Waals surface area contributed by atoms with E-state index in [0.717, 1.165) is 16.7 Å². The molecule has 1 atom stereocenters. The number of halogens is 2. The summed E-state index contributed by atoms with van der Waals surface area (Å²) in [5.74, 6) is -3.37. The molecule has 35 heavy (non-hydrogen) atoms. The molecule has 0 bridgehead atoms. The van der Waals surface area contributed by atoms with Crippen molar-refractivity contribution in [3.8, 4) is 0 Å². The lowest BCUT2D eigenvalue weighted by Crippen LogP contribution is -2.45. The van der Waals surface area contributed by atoms with Gasteiger partial charge in [0.05, 0.1) is 24.3 Å². The molecule has 0 radical (unpaired) electrons. The Morgan fingerprint density at radius 2 is 1.83 bits per heavy atom. The molecular weight excluding hydrogens is 452 g/mol. The second-order valence-corrected chi connectivity index (χ2v) is 9.28. The van der Waals surface area contributed by atoms with Crippen LogP contribution in [0.15, 0.2) is 54.6 Å². The first-order valence-corrected chi connectivity index (χ1v) is 11.9. The molecule has 188 valence electrons. The Hall–Kier alpha value is -3.22. The number of hydrogen-bond acceptors (Lipinski definition) is 4. The van der Waals surface area contributed by atoms with Crippen LogP contribution in [0.2, 0.25) is 0 Å². The predicted octanol–water partition coefficient (Wildman–Crippen LogP) is 6.36. The highest BCUT2D eigenvalue weighted by atomic mass is 19.3. The third-order valence-electron chi connectivity index (χ3n) is 5.82. The maximum atomic E-state index is 14.8. The minimum Gasteiger partial charge on any atom is -0.459 e. The van der Waals surface area contributed by atoms with Crippen molar-refractivity contribution in [2.24, 2.45) is 0 Å². The maximum Gasteiger partial charge on any atom is 0.410 e. The monoisotopic (exact) mass is 485 g/mol. The van der Waals surface area contributed by atoms with Gasteiger partial charge in [-0.25, -0.2) is 18.4 Å². The van der Waals surface area contributed by atoms with Crippen molar-refractivity contribution < 1.29 is 27.8 Å². The van der Waals surface area contributed by atoms with Crippen molar-refractivity contribution in [3.05, 3.63) is 82.4 Å². The van der Waals surface area contributed by atoms with E-state index < -0.39 is 18.4 Å². The molecule has 3 rings (SSSR count). The molecule has 7 heteroatoms. The van der Waals surface area contributed by atoms with Crippen LogP contribution in [0.5, 0.6) is 0 Å². The third kappa shape index (κ3) is 7.38. The van der Waals surface area contributed by atoms with Crippen LogP contribution in [0.3, 0.4) is 0 Å². The summed E-state index contributed by atoms with van der Waals surface area (Å²) in [4.78, 5) is 26.0. The molecular formula is C28H33F2NO4. The van der Waals surface area contributed by atoms with Gasteiger partial charge in [-0.05, 0) is 51.8 Å². The lowest BCUT2D eigenvalue weighted by molar-refractivity contribution is -0.00133. The van der Waals surface area contributed by atoms with E-state index in [9.17, 15) is 18.4 Å². The molecule has 2 aromatic rings. The normalized spacial score (nSPS) is 16.6. The van der Waals surface area contributed by atoms with Crippen molar-refractivity contribution in [2.75, 3.05) is 13.2 Å². The second-order valence-electron chi connectivity index (χ2n) is 9.28. The van der Waals surface area contributed by atoms with E-state index in [4.69, 9.17) is 9.47 Å². The molecule has 1 aliphatic rings. The van der Waals surface area contributed by atoms with Crippen LogP contribution >= 0.6 is 0 Å². The van der Waals surface area contributed by atoms with Gasteiger partial charge in [-0.15, -0.1) is 0 Å². The molecule has 0 aromatic heterocycles. The standard InChI is InChI=1S/C28H33F2NO4/c1-19(2)35-26(32)23-9-7-22(8-10-23)11-14-31-25(12-15-34-27(31)33)6-5-13-28(29,30)24-17-20(3)16-21(4)18-24/h5-10,16-19,25H,11-15H2,1-4H3/b6-5+/t25-/m0/s1. The van der Waals surface area contributed by atoms with Gasteiger partial charge < -0.3 is 14.4 Å². The Balaban J connectivity index is 1.62. The average molecular weight is 486 g/mol. The molecule has 1 aliphatic heterocycles. The minimum atomic E-state index is -2.99. The Labute approximate surface area is 205 Å². The summed E-state index contributed by atoms with van der Waals surface area (Å²) in [6, 6.07) is 11.6. The molecule has 1 saturated heterocycles. The van der Waals surface area contributed by atoms with E-state index in [-0.39, 0.29) is 30.3 Å². The van der Waals surface area contributed by atoms with Gasteiger partial charge in [-0.2, -0.15) is 0 Å². The summed E-state index contributed by atoms with van der Waals surface area (Å²) < 4.78 is 39.9. The summed E-state index contributed by atoms with van der Waals surface area (Å²) in [5, 5.41) is 0. The molecule has 2 aromatic carbocycles. The fourth-order valence-electron chi connectivity index (χ4n) is 4.11. The van der Waals surface area contributed by atoms with Gasteiger partial charge in [0.1, 0.15) is 0 Å². The van der Waals surface area contributed by atoms with Gasteiger partial charge in [0, 0.05) is 24.9 Å². The van der Waals surface area contributed by atoms with Gasteiger partial charge in [-0.1, -0.05) is 53.6 Å². The van der Waals surface area contributed by atoms with E-state index in [1.165, 1.54) is 18.2 Å². The van der Waals surface area contributed by atoms with Crippen LogP contribution in [0.1, 0.15) is 59.3 Å². The molecule has 0 spiro atoms. The number of allylic oxidation sites excluding steroid dienone is 1. The SMILES string of the molecule is Cc1cc(C)cc(C(F)(F)C/C=C/[C@H]2CCOC(=O)N2CCc2ccc(C(=O)OC(C)C)cc2)c1. The summed E-state index contributed by atoms with van der Waals surface area (Å²) in [6.07, 6.45) is 3.13. The van der Waals surface area contributed by atoms with Gasteiger partial charge in [-0.3, -0.25) is 0 Å². The number of cyclic esters (lactones) is 1. The largest absolute Gasteiger partial charge is 0.459 e. The van der Waals surface area contributed by atoms with Crippen LogP contribution < -0.4 is 0 Å². The van der Waals surface area contributed by atoms with E-state index in [1.54, 1.807) is 50.8 Å². The van der Waals surface area contributed by atoms with Crippen LogP contribution in [0.25, 0.3) is 0 Å². The fraction of sp³-hybridized carbons (Fsp3) is 0.429. The number of rotatable bonds is 9. The van der Waals surface area contributed by atoms with Gasteiger partial charge in [0.2, 0.25) is 0 Å².